The van der Waals surface area contributed by atoms with E-state index in [0.29, 0.717) is 27.8 Å². The molecule has 0 fully saturated rings. The average molecular weight is 372 g/mol. The van der Waals surface area contributed by atoms with Crippen LogP contribution in [0.5, 0.6) is 5.75 Å². The molecule has 3 rings (SSSR count). The van der Waals surface area contributed by atoms with Crippen LogP contribution in [0.3, 0.4) is 0 Å². The predicted molar refractivity (Wildman–Crippen MR) is 99.9 cm³/mol. The number of aromatic nitrogens is 1. The van der Waals surface area contributed by atoms with Gasteiger partial charge in [-0.3, -0.25) is 9.78 Å². The quantitative estimate of drug-likeness (QED) is 0.671. The number of nitrogens with one attached hydrogen (secondary N) is 2. The van der Waals surface area contributed by atoms with Gasteiger partial charge in [-0.05, 0) is 48.5 Å². The molecule has 1 amide bonds. The molecule has 132 valence electrons. The lowest BCUT2D eigenvalue weighted by Gasteiger charge is -2.11. The van der Waals surface area contributed by atoms with Gasteiger partial charge < -0.3 is 15.4 Å². The van der Waals surface area contributed by atoms with Crippen molar-refractivity contribution in [1.29, 1.82) is 0 Å². The molecule has 0 saturated carbocycles. The summed E-state index contributed by atoms with van der Waals surface area (Å²) in [5, 5.41) is 6.22. The molecule has 7 heteroatoms. The summed E-state index contributed by atoms with van der Waals surface area (Å²) in [5.74, 6) is -0.291. The number of carbonyl (C=O) groups is 1. The van der Waals surface area contributed by atoms with Crippen molar-refractivity contribution in [3.63, 3.8) is 0 Å². The zero-order chi connectivity index (χ0) is 18.5. The Labute approximate surface area is 154 Å². The Morgan fingerprint density at radius 2 is 1.92 bits per heavy atom. The average Bonchev–Trinajstić information content (AvgIpc) is 2.62. The fourth-order valence-corrected chi connectivity index (χ4v) is 2.50. The number of pyridine rings is 1. The summed E-state index contributed by atoms with van der Waals surface area (Å²) in [4.78, 5) is 16.6. The molecule has 0 radical (unpaired) electrons. The Kier molecular flexibility index (Phi) is 5.34. The van der Waals surface area contributed by atoms with Crippen molar-refractivity contribution < 1.29 is 13.9 Å². The summed E-state index contributed by atoms with van der Waals surface area (Å²) in [5.41, 5.74) is 1.80. The second-order valence-electron chi connectivity index (χ2n) is 5.36. The minimum Gasteiger partial charge on any atom is -0.495 e. The van der Waals surface area contributed by atoms with Gasteiger partial charge in [-0.1, -0.05) is 17.7 Å². The third kappa shape index (κ3) is 4.29. The lowest BCUT2D eigenvalue weighted by Crippen LogP contribution is -2.14. The first-order valence-electron chi connectivity index (χ1n) is 7.69. The monoisotopic (exact) mass is 371 g/mol. The summed E-state index contributed by atoms with van der Waals surface area (Å²) in [7, 11) is 1.50. The number of hydrogen-bond donors (Lipinski definition) is 2. The molecule has 0 aliphatic rings. The van der Waals surface area contributed by atoms with E-state index < -0.39 is 5.91 Å². The van der Waals surface area contributed by atoms with E-state index in [4.69, 9.17) is 16.3 Å². The van der Waals surface area contributed by atoms with Crippen LogP contribution in [0.2, 0.25) is 5.02 Å². The van der Waals surface area contributed by atoms with Gasteiger partial charge in [0.05, 0.1) is 12.8 Å². The standard InChI is InChI=1S/C19H15ClFN3O2/c1-26-18-6-5-12(20)9-16(18)24-19(25)17-11-15(7-8-22-17)23-14-4-2-3-13(21)10-14/h2-11H,1H3,(H,22,23)(H,24,25). The third-order valence-corrected chi connectivity index (χ3v) is 3.75. The van der Waals surface area contributed by atoms with Crippen molar-refractivity contribution in [1.82, 2.24) is 4.98 Å². The van der Waals surface area contributed by atoms with Crippen molar-refractivity contribution in [2.45, 2.75) is 0 Å². The molecule has 0 bridgehead atoms. The minimum absolute atomic E-state index is 0.188. The summed E-state index contributed by atoms with van der Waals surface area (Å²) < 4.78 is 18.5. The highest BCUT2D eigenvalue weighted by Gasteiger charge is 2.12. The van der Waals surface area contributed by atoms with E-state index in [0.717, 1.165) is 0 Å². The van der Waals surface area contributed by atoms with Crippen molar-refractivity contribution in [3.05, 3.63) is 77.3 Å². The number of hydrogen-bond acceptors (Lipinski definition) is 4. The normalized spacial score (nSPS) is 10.3. The molecule has 1 aromatic heterocycles. The van der Waals surface area contributed by atoms with Crippen molar-refractivity contribution in [2.75, 3.05) is 17.7 Å². The van der Waals surface area contributed by atoms with Crippen molar-refractivity contribution in [3.8, 4) is 5.75 Å². The molecule has 1 heterocycles. The minimum atomic E-state index is -0.423. The van der Waals surface area contributed by atoms with E-state index in [1.807, 2.05) is 0 Å². The van der Waals surface area contributed by atoms with E-state index in [1.54, 1.807) is 42.5 Å². The van der Waals surface area contributed by atoms with E-state index in [-0.39, 0.29) is 11.5 Å². The van der Waals surface area contributed by atoms with Crippen LogP contribution in [-0.4, -0.2) is 18.0 Å². The van der Waals surface area contributed by atoms with Gasteiger partial charge in [0.25, 0.3) is 5.91 Å². The molecule has 0 aliphatic heterocycles. The summed E-state index contributed by atoms with van der Waals surface area (Å²) in [6, 6.07) is 14.2. The van der Waals surface area contributed by atoms with Crippen LogP contribution in [0.4, 0.5) is 21.5 Å². The molecule has 0 atom stereocenters. The number of rotatable bonds is 5. The summed E-state index contributed by atoms with van der Waals surface area (Å²) >= 11 is 5.97. The lowest BCUT2D eigenvalue weighted by atomic mass is 10.2. The van der Waals surface area contributed by atoms with E-state index in [9.17, 15) is 9.18 Å². The van der Waals surface area contributed by atoms with E-state index in [1.165, 1.54) is 25.4 Å². The van der Waals surface area contributed by atoms with E-state index >= 15 is 0 Å². The summed E-state index contributed by atoms with van der Waals surface area (Å²) in [6.07, 6.45) is 1.49. The number of benzene rings is 2. The molecule has 26 heavy (non-hydrogen) atoms. The second kappa shape index (κ2) is 7.84. The number of anilines is 3. The van der Waals surface area contributed by atoms with Crippen LogP contribution in [0.15, 0.2) is 60.8 Å². The van der Waals surface area contributed by atoms with Crippen LogP contribution in [-0.2, 0) is 0 Å². The maximum atomic E-state index is 13.3. The lowest BCUT2D eigenvalue weighted by molar-refractivity contribution is 0.102. The molecular weight excluding hydrogens is 357 g/mol. The highest BCUT2D eigenvalue weighted by Crippen LogP contribution is 2.28. The highest BCUT2D eigenvalue weighted by atomic mass is 35.5. The smallest absolute Gasteiger partial charge is 0.274 e. The molecule has 2 aromatic carbocycles. The number of methoxy groups -OCH3 is 1. The van der Waals surface area contributed by atoms with Gasteiger partial charge in [0.1, 0.15) is 17.3 Å². The Balaban J connectivity index is 1.79. The fourth-order valence-electron chi connectivity index (χ4n) is 2.33. The van der Waals surface area contributed by atoms with Crippen molar-refractivity contribution in [2.24, 2.45) is 0 Å². The van der Waals surface area contributed by atoms with Crippen LogP contribution >= 0.6 is 11.6 Å². The largest absolute Gasteiger partial charge is 0.495 e. The number of ether oxygens (including phenoxy) is 1. The molecular formula is C19H15ClFN3O2. The first-order valence-corrected chi connectivity index (χ1v) is 8.06. The molecule has 0 spiro atoms. The Bertz CT molecular complexity index is 950. The maximum absolute atomic E-state index is 13.3. The molecule has 2 N–H and O–H groups in total. The van der Waals surface area contributed by atoms with Crippen molar-refractivity contribution >= 4 is 34.6 Å². The van der Waals surface area contributed by atoms with Gasteiger partial charge in [-0.2, -0.15) is 0 Å². The topological polar surface area (TPSA) is 63.2 Å². The van der Waals surface area contributed by atoms with Crippen LogP contribution in [0.25, 0.3) is 0 Å². The highest BCUT2D eigenvalue weighted by molar-refractivity contribution is 6.31. The van der Waals surface area contributed by atoms with E-state index in [2.05, 4.69) is 15.6 Å². The van der Waals surface area contributed by atoms with Crippen LogP contribution in [0, 0.1) is 5.82 Å². The van der Waals surface area contributed by atoms with Crippen LogP contribution in [0.1, 0.15) is 10.5 Å². The molecule has 0 saturated heterocycles. The third-order valence-electron chi connectivity index (χ3n) is 3.52. The molecule has 0 unspecified atom stereocenters. The number of nitrogens with zero attached hydrogens (tertiary/aromatic N) is 1. The number of carbonyl (C=O) groups excluding carboxylic acids is 1. The van der Waals surface area contributed by atoms with Gasteiger partial charge >= 0.3 is 0 Å². The van der Waals surface area contributed by atoms with Gasteiger partial charge in [-0.25, -0.2) is 4.39 Å². The first kappa shape index (κ1) is 17.7. The Morgan fingerprint density at radius 1 is 1.12 bits per heavy atom. The maximum Gasteiger partial charge on any atom is 0.274 e. The zero-order valence-corrected chi connectivity index (χ0v) is 14.5. The predicted octanol–water partition coefficient (Wildman–Crippen LogP) is 4.88. The molecule has 0 aliphatic carbocycles. The number of halogens is 2. The van der Waals surface area contributed by atoms with Gasteiger partial charge in [0.2, 0.25) is 0 Å². The number of amides is 1. The van der Waals surface area contributed by atoms with Gasteiger partial charge in [0.15, 0.2) is 0 Å². The second-order valence-corrected chi connectivity index (χ2v) is 5.80. The fraction of sp³-hybridized carbons (Fsp3) is 0.0526. The molecule has 3 aromatic rings. The van der Waals surface area contributed by atoms with Gasteiger partial charge in [-0.15, -0.1) is 0 Å². The van der Waals surface area contributed by atoms with Gasteiger partial charge in [0, 0.05) is 22.6 Å². The first-order chi connectivity index (χ1) is 12.5. The SMILES string of the molecule is COc1ccc(Cl)cc1NC(=O)c1cc(Nc2cccc(F)c2)ccn1. The zero-order valence-electron chi connectivity index (χ0n) is 13.8. The Morgan fingerprint density at radius 3 is 2.69 bits per heavy atom. The molecule has 5 nitrogen and oxygen atoms in total. The van der Waals surface area contributed by atoms with Crippen LogP contribution < -0.4 is 15.4 Å². The summed E-state index contributed by atoms with van der Waals surface area (Å²) in [6.45, 7) is 0. The Hall–Kier alpha value is -3.12.